The maximum absolute atomic E-state index is 11.5. The van der Waals surface area contributed by atoms with Crippen molar-refractivity contribution in [1.82, 2.24) is 10.1 Å². The first kappa shape index (κ1) is 12.7. The number of benzene rings is 1. The van der Waals surface area contributed by atoms with E-state index in [9.17, 15) is 8.42 Å². The Balaban J connectivity index is 2.69. The fraction of sp³-hybridized carbons (Fsp3) is 0.273. The van der Waals surface area contributed by atoms with E-state index in [0.29, 0.717) is 17.0 Å². The molecule has 1 aromatic heterocycles. The largest absolute Gasteiger partial charge is 0.334 e. The molecule has 96 valence electrons. The second kappa shape index (κ2) is 4.18. The number of aryl methyl sites for hydroxylation is 2. The van der Waals surface area contributed by atoms with Gasteiger partial charge in [-0.1, -0.05) is 5.16 Å². The molecule has 0 atom stereocenters. The first-order valence-corrected chi connectivity index (χ1v) is 6.78. The first-order chi connectivity index (χ1) is 8.29. The number of aromatic nitrogens is 2. The van der Waals surface area contributed by atoms with Gasteiger partial charge < -0.3 is 4.52 Å². The first-order valence-electron chi connectivity index (χ1n) is 5.24. The third kappa shape index (κ3) is 2.27. The quantitative estimate of drug-likeness (QED) is 0.884. The molecule has 0 saturated heterocycles. The molecule has 1 heterocycles. The predicted molar refractivity (Wildman–Crippen MR) is 65.3 cm³/mol. The lowest BCUT2D eigenvalue weighted by Gasteiger charge is -2.08. The summed E-state index contributed by atoms with van der Waals surface area (Å²) in [6.45, 7) is 5.20. The second-order valence-corrected chi connectivity index (χ2v) is 5.64. The van der Waals surface area contributed by atoms with Gasteiger partial charge in [-0.05, 0) is 44.0 Å². The fourth-order valence-corrected chi connectivity index (χ4v) is 2.54. The summed E-state index contributed by atoms with van der Waals surface area (Å²) in [7, 11) is -3.77. The number of sulfonamides is 1. The van der Waals surface area contributed by atoms with Crippen LogP contribution in [0.3, 0.4) is 0 Å². The Labute approximate surface area is 105 Å². The molecule has 2 N–H and O–H groups in total. The van der Waals surface area contributed by atoms with E-state index in [1.165, 1.54) is 6.07 Å². The number of hydrogen-bond donors (Lipinski definition) is 1. The van der Waals surface area contributed by atoms with Crippen molar-refractivity contribution in [3.63, 3.8) is 0 Å². The minimum absolute atomic E-state index is 0.0772. The monoisotopic (exact) mass is 267 g/mol. The number of nitrogens with zero attached hydrogens (tertiary/aromatic N) is 2. The Hall–Kier alpha value is -1.73. The van der Waals surface area contributed by atoms with Crippen LogP contribution in [-0.4, -0.2) is 18.6 Å². The van der Waals surface area contributed by atoms with Gasteiger partial charge in [0.1, 0.15) is 0 Å². The third-order valence-corrected chi connectivity index (χ3v) is 3.74. The van der Waals surface area contributed by atoms with Gasteiger partial charge in [0.05, 0.1) is 4.90 Å². The average Bonchev–Trinajstić information content (AvgIpc) is 2.67. The molecule has 0 bridgehead atoms. The van der Waals surface area contributed by atoms with Crippen LogP contribution in [0, 0.1) is 20.8 Å². The van der Waals surface area contributed by atoms with E-state index in [-0.39, 0.29) is 10.8 Å². The highest BCUT2D eigenvalue weighted by Crippen LogP contribution is 2.26. The van der Waals surface area contributed by atoms with E-state index in [1.54, 1.807) is 26.8 Å². The molecule has 0 saturated carbocycles. The maximum Gasteiger partial charge on any atom is 0.257 e. The van der Waals surface area contributed by atoms with Crippen molar-refractivity contribution >= 4 is 10.0 Å². The van der Waals surface area contributed by atoms with Crippen LogP contribution in [0.2, 0.25) is 0 Å². The van der Waals surface area contributed by atoms with Gasteiger partial charge in [-0.3, -0.25) is 0 Å². The normalized spacial score (nSPS) is 11.8. The molecule has 2 rings (SSSR count). The van der Waals surface area contributed by atoms with Crippen molar-refractivity contribution in [1.29, 1.82) is 0 Å². The van der Waals surface area contributed by atoms with Gasteiger partial charge in [-0.2, -0.15) is 4.98 Å². The standard InChI is InChI=1S/C11H13N3O3S/c1-6-4-9(11-13-8(3)14-17-11)5-10(7(6)2)18(12,15)16/h4-5H,1-3H3,(H2,12,15,16). The van der Waals surface area contributed by atoms with Gasteiger partial charge in [-0.25, -0.2) is 13.6 Å². The van der Waals surface area contributed by atoms with E-state index < -0.39 is 10.0 Å². The minimum atomic E-state index is -3.77. The molecule has 6 nitrogen and oxygen atoms in total. The zero-order chi connectivity index (χ0) is 13.5. The molecule has 0 radical (unpaired) electrons. The topological polar surface area (TPSA) is 99.1 Å². The molecule has 0 aliphatic heterocycles. The molecule has 1 aromatic carbocycles. The van der Waals surface area contributed by atoms with Gasteiger partial charge in [0.2, 0.25) is 10.0 Å². The molecule has 0 aliphatic carbocycles. The Kier molecular flexibility index (Phi) is 2.95. The molecule has 2 aromatic rings. The highest BCUT2D eigenvalue weighted by Gasteiger charge is 2.17. The van der Waals surface area contributed by atoms with Crippen LogP contribution in [0.15, 0.2) is 21.6 Å². The van der Waals surface area contributed by atoms with Crippen molar-refractivity contribution < 1.29 is 12.9 Å². The van der Waals surface area contributed by atoms with Crippen LogP contribution in [0.1, 0.15) is 17.0 Å². The van der Waals surface area contributed by atoms with Crippen LogP contribution >= 0.6 is 0 Å². The SMILES string of the molecule is Cc1noc(-c2cc(C)c(C)c(S(N)(=O)=O)c2)n1. The predicted octanol–water partition coefficient (Wildman–Crippen LogP) is 1.31. The minimum Gasteiger partial charge on any atom is -0.334 e. The van der Waals surface area contributed by atoms with Crippen molar-refractivity contribution in [3.8, 4) is 11.5 Å². The molecular formula is C11H13N3O3S. The lowest BCUT2D eigenvalue weighted by atomic mass is 10.1. The maximum atomic E-state index is 11.5. The van der Waals surface area contributed by atoms with Crippen LogP contribution < -0.4 is 5.14 Å². The number of hydrogen-bond acceptors (Lipinski definition) is 5. The van der Waals surface area contributed by atoms with Gasteiger partial charge in [0.25, 0.3) is 5.89 Å². The lowest BCUT2D eigenvalue weighted by Crippen LogP contribution is -2.14. The van der Waals surface area contributed by atoms with Crippen molar-refractivity contribution in [2.24, 2.45) is 5.14 Å². The van der Waals surface area contributed by atoms with Crippen molar-refractivity contribution in [2.45, 2.75) is 25.7 Å². The van der Waals surface area contributed by atoms with E-state index in [1.807, 2.05) is 0 Å². The third-order valence-electron chi connectivity index (χ3n) is 2.70. The molecule has 0 aliphatic rings. The molecule has 0 amide bonds. The second-order valence-electron chi connectivity index (χ2n) is 4.11. The molecular weight excluding hydrogens is 254 g/mol. The Bertz CT molecular complexity index is 704. The van der Waals surface area contributed by atoms with E-state index in [0.717, 1.165) is 5.56 Å². The Morgan fingerprint density at radius 3 is 2.39 bits per heavy atom. The number of rotatable bonds is 2. The Morgan fingerprint density at radius 1 is 1.22 bits per heavy atom. The zero-order valence-electron chi connectivity index (χ0n) is 10.3. The van der Waals surface area contributed by atoms with Gasteiger partial charge in [-0.15, -0.1) is 0 Å². The van der Waals surface area contributed by atoms with Crippen LogP contribution in [0.25, 0.3) is 11.5 Å². The summed E-state index contributed by atoms with van der Waals surface area (Å²) in [5.41, 5.74) is 1.97. The summed E-state index contributed by atoms with van der Waals surface area (Å²) in [6.07, 6.45) is 0. The van der Waals surface area contributed by atoms with Crippen molar-refractivity contribution in [3.05, 3.63) is 29.1 Å². The van der Waals surface area contributed by atoms with Crippen LogP contribution in [0.5, 0.6) is 0 Å². The molecule has 7 heteroatoms. The highest BCUT2D eigenvalue weighted by atomic mass is 32.2. The van der Waals surface area contributed by atoms with Crippen molar-refractivity contribution in [2.75, 3.05) is 0 Å². The zero-order valence-corrected chi connectivity index (χ0v) is 11.1. The van der Waals surface area contributed by atoms with Crippen LogP contribution in [-0.2, 0) is 10.0 Å². The average molecular weight is 267 g/mol. The number of nitrogens with two attached hydrogens (primary N) is 1. The lowest BCUT2D eigenvalue weighted by molar-refractivity contribution is 0.425. The van der Waals surface area contributed by atoms with E-state index >= 15 is 0 Å². The Morgan fingerprint density at radius 2 is 1.89 bits per heavy atom. The van der Waals surface area contributed by atoms with Gasteiger partial charge in [0, 0.05) is 5.56 Å². The van der Waals surface area contributed by atoms with E-state index in [4.69, 9.17) is 9.66 Å². The van der Waals surface area contributed by atoms with Gasteiger partial charge in [0.15, 0.2) is 5.82 Å². The smallest absolute Gasteiger partial charge is 0.257 e. The summed E-state index contributed by atoms with van der Waals surface area (Å²) >= 11 is 0. The van der Waals surface area contributed by atoms with E-state index in [2.05, 4.69) is 10.1 Å². The summed E-state index contributed by atoms with van der Waals surface area (Å²) in [5.74, 6) is 0.765. The van der Waals surface area contributed by atoms with Crippen LogP contribution in [0.4, 0.5) is 0 Å². The molecule has 0 fully saturated rings. The molecule has 0 unspecified atom stereocenters. The summed E-state index contributed by atoms with van der Waals surface area (Å²) in [4.78, 5) is 4.14. The summed E-state index contributed by atoms with van der Waals surface area (Å²) < 4.78 is 28.0. The summed E-state index contributed by atoms with van der Waals surface area (Å²) in [6, 6.07) is 3.24. The fourth-order valence-electron chi connectivity index (χ4n) is 1.66. The number of primary sulfonamides is 1. The molecule has 18 heavy (non-hydrogen) atoms. The molecule has 0 spiro atoms. The van der Waals surface area contributed by atoms with Gasteiger partial charge >= 0.3 is 0 Å². The summed E-state index contributed by atoms with van der Waals surface area (Å²) in [5, 5.41) is 8.85. The highest BCUT2D eigenvalue weighted by molar-refractivity contribution is 7.89.